The molecule has 3 heteroatoms. The summed E-state index contributed by atoms with van der Waals surface area (Å²) in [6.07, 6.45) is 15.6. The number of carbonyl (C=O) groups excluding carboxylic acids is 1. The molecule has 0 aromatic heterocycles. The van der Waals surface area contributed by atoms with Gasteiger partial charge >= 0.3 is 5.97 Å². The number of allylic oxidation sites excluding steroid dienone is 11. The molecule has 0 aliphatic heterocycles. The van der Waals surface area contributed by atoms with Crippen molar-refractivity contribution in [2.45, 2.75) is 93.4 Å². The summed E-state index contributed by atoms with van der Waals surface area (Å²) in [5.41, 5.74) is 7.97. The zero-order valence-electron chi connectivity index (χ0n) is 26.9. The van der Waals surface area contributed by atoms with E-state index in [0.29, 0.717) is 23.7 Å². The fourth-order valence-electron chi connectivity index (χ4n) is 4.04. The molecule has 222 valence electrons. The number of esters is 1. The Morgan fingerprint density at radius 3 is 2.15 bits per heavy atom. The van der Waals surface area contributed by atoms with E-state index in [0.717, 1.165) is 41.1 Å². The van der Waals surface area contributed by atoms with E-state index in [-0.39, 0.29) is 6.61 Å². The van der Waals surface area contributed by atoms with Crippen LogP contribution in [0, 0.1) is 11.8 Å². The lowest BCUT2D eigenvalue weighted by molar-refractivity contribution is -0.138. The van der Waals surface area contributed by atoms with Crippen LogP contribution in [0.15, 0.2) is 108 Å². The molecule has 0 saturated carbocycles. The van der Waals surface area contributed by atoms with Gasteiger partial charge in [0.25, 0.3) is 0 Å². The van der Waals surface area contributed by atoms with Crippen molar-refractivity contribution >= 4 is 5.97 Å². The Morgan fingerprint density at radius 2 is 1.62 bits per heavy atom. The van der Waals surface area contributed by atoms with Crippen molar-refractivity contribution in [3.63, 3.8) is 0 Å². The van der Waals surface area contributed by atoms with Crippen molar-refractivity contribution < 1.29 is 14.3 Å². The Labute approximate surface area is 246 Å². The van der Waals surface area contributed by atoms with E-state index in [2.05, 4.69) is 92.7 Å². The summed E-state index contributed by atoms with van der Waals surface area (Å²) in [6, 6.07) is 0. The van der Waals surface area contributed by atoms with Crippen molar-refractivity contribution in [3.05, 3.63) is 108 Å². The first-order valence-electron chi connectivity index (χ1n) is 14.7. The Kier molecular flexibility index (Phi) is 18.4. The molecular weight excluding hydrogens is 492 g/mol. The van der Waals surface area contributed by atoms with Crippen LogP contribution in [0.1, 0.15) is 93.4 Å². The lowest BCUT2D eigenvalue weighted by atomic mass is 9.85. The second kappa shape index (κ2) is 19.9. The van der Waals surface area contributed by atoms with E-state index in [9.17, 15) is 4.79 Å². The van der Waals surface area contributed by atoms with Gasteiger partial charge in [-0.05, 0) is 84.5 Å². The molecular formula is C37H56O3. The van der Waals surface area contributed by atoms with E-state index < -0.39 is 5.97 Å². The zero-order valence-corrected chi connectivity index (χ0v) is 26.9. The standard InChI is InChI=1S/C34H48O3.C3H8/c1-12-24(4)13-14-25(5)26(6)15-16-27(7)33-18-17-31(22-29(33)9)28(8)21-32(30(10)36-11)19-20-37-34(35)23(2)3;1-3-2/h15-16,21-22,24-25H,2,6-8,10,12-14,17-20H2,1,3-5,9,11H3;3H2,1-2H3/b16-15-,32-21-;. The van der Waals surface area contributed by atoms with E-state index in [1.165, 1.54) is 42.4 Å². The van der Waals surface area contributed by atoms with Crippen LogP contribution in [-0.4, -0.2) is 19.7 Å². The van der Waals surface area contributed by atoms with E-state index in [4.69, 9.17) is 9.47 Å². The van der Waals surface area contributed by atoms with Crippen molar-refractivity contribution in [2.24, 2.45) is 11.8 Å². The quantitative estimate of drug-likeness (QED) is 0.0833. The number of hydrogen-bond acceptors (Lipinski definition) is 3. The first-order chi connectivity index (χ1) is 18.8. The maximum absolute atomic E-state index is 11.7. The van der Waals surface area contributed by atoms with E-state index in [1.54, 1.807) is 14.0 Å². The molecule has 0 aromatic rings. The molecule has 0 spiro atoms. The van der Waals surface area contributed by atoms with Gasteiger partial charge < -0.3 is 9.47 Å². The van der Waals surface area contributed by atoms with Gasteiger partial charge in [0.15, 0.2) is 0 Å². The summed E-state index contributed by atoms with van der Waals surface area (Å²) in [5, 5.41) is 0. The van der Waals surface area contributed by atoms with Gasteiger partial charge in [-0.1, -0.05) is 111 Å². The maximum Gasteiger partial charge on any atom is 0.333 e. The molecule has 0 heterocycles. The largest absolute Gasteiger partial charge is 0.497 e. The number of methoxy groups -OCH3 is 1. The van der Waals surface area contributed by atoms with Crippen molar-refractivity contribution in [1.82, 2.24) is 0 Å². The van der Waals surface area contributed by atoms with E-state index >= 15 is 0 Å². The molecule has 0 saturated heterocycles. The van der Waals surface area contributed by atoms with Crippen LogP contribution in [0.2, 0.25) is 0 Å². The van der Waals surface area contributed by atoms with Crippen LogP contribution in [0.4, 0.5) is 0 Å². The molecule has 1 aliphatic carbocycles. The molecule has 1 rings (SSSR count). The van der Waals surface area contributed by atoms with Crippen LogP contribution in [0.25, 0.3) is 0 Å². The second-order valence-corrected chi connectivity index (χ2v) is 11.0. The Hall–Kier alpha value is -3.07. The summed E-state index contributed by atoms with van der Waals surface area (Å²) in [7, 11) is 1.58. The molecule has 1 aliphatic rings. The van der Waals surface area contributed by atoms with Crippen LogP contribution >= 0.6 is 0 Å². The molecule has 0 radical (unpaired) electrons. The van der Waals surface area contributed by atoms with Gasteiger partial charge in [-0.3, -0.25) is 0 Å². The van der Waals surface area contributed by atoms with Crippen LogP contribution < -0.4 is 0 Å². The Morgan fingerprint density at radius 1 is 1.00 bits per heavy atom. The predicted octanol–water partition coefficient (Wildman–Crippen LogP) is 10.7. The molecule has 0 aromatic carbocycles. The highest BCUT2D eigenvalue weighted by Crippen LogP contribution is 2.33. The third kappa shape index (κ3) is 13.8. The molecule has 40 heavy (non-hydrogen) atoms. The van der Waals surface area contributed by atoms with E-state index in [1.807, 2.05) is 6.08 Å². The minimum atomic E-state index is -0.400. The highest BCUT2D eigenvalue weighted by atomic mass is 16.5. The van der Waals surface area contributed by atoms with Crippen molar-refractivity contribution in [2.75, 3.05) is 13.7 Å². The molecule has 2 atom stereocenters. The van der Waals surface area contributed by atoms with Gasteiger partial charge in [0.2, 0.25) is 0 Å². The Balaban J connectivity index is 0.00000483. The first-order valence-corrected chi connectivity index (χ1v) is 14.7. The fourth-order valence-corrected chi connectivity index (χ4v) is 4.04. The number of rotatable bonds is 16. The zero-order chi connectivity index (χ0) is 30.8. The minimum Gasteiger partial charge on any atom is -0.497 e. The lowest BCUT2D eigenvalue weighted by Crippen LogP contribution is -2.08. The van der Waals surface area contributed by atoms with Crippen LogP contribution in [0.3, 0.4) is 0 Å². The molecule has 0 fully saturated rings. The molecule has 2 unspecified atom stereocenters. The fraction of sp³-hybridized carbons (Fsp3) is 0.486. The number of carbonyl (C=O) groups is 1. The third-order valence-corrected chi connectivity index (χ3v) is 7.14. The summed E-state index contributed by atoms with van der Waals surface area (Å²) in [6.45, 7) is 35.6. The normalized spacial score (nSPS) is 14.9. The molecule has 0 amide bonds. The van der Waals surface area contributed by atoms with Gasteiger partial charge in [-0.2, -0.15) is 0 Å². The van der Waals surface area contributed by atoms with Crippen molar-refractivity contribution in [3.8, 4) is 0 Å². The third-order valence-electron chi connectivity index (χ3n) is 7.14. The van der Waals surface area contributed by atoms with Gasteiger partial charge in [0.1, 0.15) is 5.76 Å². The highest BCUT2D eigenvalue weighted by molar-refractivity contribution is 5.86. The van der Waals surface area contributed by atoms with Gasteiger partial charge in [-0.25, -0.2) is 4.79 Å². The topological polar surface area (TPSA) is 35.5 Å². The van der Waals surface area contributed by atoms with Gasteiger partial charge in [-0.15, -0.1) is 0 Å². The smallest absolute Gasteiger partial charge is 0.333 e. The number of hydrogen-bond donors (Lipinski definition) is 0. The molecule has 0 N–H and O–H groups in total. The summed E-state index contributed by atoms with van der Waals surface area (Å²) < 4.78 is 10.6. The second-order valence-electron chi connectivity index (χ2n) is 11.0. The highest BCUT2D eigenvalue weighted by Gasteiger charge is 2.15. The average molecular weight is 549 g/mol. The Bertz CT molecular complexity index is 1040. The predicted molar refractivity (Wildman–Crippen MR) is 175 cm³/mol. The number of ether oxygens (including phenoxy) is 2. The lowest BCUT2D eigenvalue weighted by Gasteiger charge is -2.20. The SMILES string of the molecule is C=C(C)C(=O)OCC/C(=C/C(=C)C1=CC(C)=C(C(=C)/C=C\C(=C)C(C)CCC(C)CC)CC1)C(=C)OC.CCC. The maximum atomic E-state index is 11.7. The molecule has 0 bridgehead atoms. The summed E-state index contributed by atoms with van der Waals surface area (Å²) >= 11 is 0. The van der Waals surface area contributed by atoms with Crippen LogP contribution in [0.5, 0.6) is 0 Å². The summed E-state index contributed by atoms with van der Waals surface area (Å²) in [4.78, 5) is 11.7. The van der Waals surface area contributed by atoms with Gasteiger partial charge in [0, 0.05) is 12.0 Å². The average Bonchev–Trinajstić information content (AvgIpc) is 2.93. The molecule has 3 nitrogen and oxygen atoms in total. The van der Waals surface area contributed by atoms with Crippen LogP contribution in [-0.2, 0) is 14.3 Å². The monoisotopic (exact) mass is 548 g/mol. The summed E-state index contributed by atoms with van der Waals surface area (Å²) in [5.74, 6) is 1.37. The first kappa shape index (κ1) is 36.9. The van der Waals surface area contributed by atoms with Gasteiger partial charge in [0.05, 0.1) is 13.7 Å². The van der Waals surface area contributed by atoms with Crippen molar-refractivity contribution in [1.29, 1.82) is 0 Å². The minimum absolute atomic E-state index is 0.225.